The summed E-state index contributed by atoms with van der Waals surface area (Å²) in [7, 11) is -2.82. The van der Waals surface area contributed by atoms with Crippen LogP contribution in [0.5, 0.6) is 11.5 Å². The molecule has 0 aliphatic carbocycles. The van der Waals surface area contributed by atoms with E-state index in [-0.39, 0.29) is 27.7 Å². The van der Waals surface area contributed by atoms with Gasteiger partial charge in [-0.1, -0.05) is 29.8 Å². The van der Waals surface area contributed by atoms with Gasteiger partial charge in [0.25, 0.3) is 11.8 Å². The van der Waals surface area contributed by atoms with E-state index < -0.39 is 28.0 Å². The molecule has 3 aromatic carbocycles. The van der Waals surface area contributed by atoms with Crippen LogP contribution in [0.3, 0.4) is 0 Å². The highest BCUT2D eigenvalue weighted by Crippen LogP contribution is 2.37. The van der Waals surface area contributed by atoms with Crippen molar-refractivity contribution in [3.63, 3.8) is 0 Å². The Morgan fingerprint density at radius 3 is 2.31 bits per heavy atom. The maximum atomic E-state index is 13.1. The minimum absolute atomic E-state index is 0.0366. The Morgan fingerprint density at radius 2 is 1.67 bits per heavy atom. The number of imide groups is 2. The molecule has 4 rings (SSSR count). The van der Waals surface area contributed by atoms with E-state index in [1.807, 2.05) is 22.6 Å². The highest BCUT2D eigenvalue weighted by Gasteiger charge is 2.37. The number of benzene rings is 3. The van der Waals surface area contributed by atoms with Gasteiger partial charge in [-0.15, -0.1) is 0 Å². The molecule has 4 amide bonds. The van der Waals surface area contributed by atoms with Crippen molar-refractivity contribution in [1.82, 2.24) is 5.32 Å². The first kappa shape index (κ1) is 25.7. The molecule has 0 saturated carbocycles. The molecule has 0 unspecified atom stereocenters. The molecular weight excluding hydrogens is 623 g/mol. The highest BCUT2D eigenvalue weighted by atomic mass is 127. The van der Waals surface area contributed by atoms with Gasteiger partial charge in [0.1, 0.15) is 10.5 Å². The minimum Gasteiger partial charge on any atom is -0.493 e. The van der Waals surface area contributed by atoms with Crippen LogP contribution in [-0.2, 0) is 19.7 Å². The fourth-order valence-electron chi connectivity index (χ4n) is 3.30. The number of rotatable bonds is 6. The minimum atomic E-state index is -4.15. The van der Waals surface area contributed by atoms with Crippen molar-refractivity contribution in [2.24, 2.45) is 0 Å². The van der Waals surface area contributed by atoms with E-state index in [1.54, 1.807) is 18.2 Å². The van der Waals surface area contributed by atoms with Crippen molar-refractivity contribution in [1.29, 1.82) is 0 Å². The lowest BCUT2D eigenvalue weighted by Crippen LogP contribution is -2.54. The second-order valence-electron chi connectivity index (χ2n) is 7.32. The van der Waals surface area contributed by atoms with E-state index >= 15 is 0 Å². The summed E-state index contributed by atoms with van der Waals surface area (Å²) in [6.45, 7) is 0. The van der Waals surface area contributed by atoms with Crippen molar-refractivity contribution >= 4 is 73.9 Å². The number of hydrogen-bond acceptors (Lipinski definition) is 7. The number of nitrogens with zero attached hydrogens (tertiary/aromatic N) is 1. The number of carbonyl (C=O) groups excluding carboxylic acids is 3. The maximum Gasteiger partial charge on any atom is 0.339 e. The van der Waals surface area contributed by atoms with Crippen LogP contribution in [-0.4, -0.2) is 33.4 Å². The van der Waals surface area contributed by atoms with Crippen LogP contribution >= 0.6 is 34.2 Å². The Labute approximate surface area is 224 Å². The van der Waals surface area contributed by atoms with E-state index in [1.165, 1.54) is 61.7 Å². The van der Waals surface area contributed by atoms with Crippen LogP contribution in [0.1, 0.15) is 5.56 Å². The third-order valence-corrected chi connectivity index (χ3v) is 7.26. The molecule has 184 valence electrons. The van der Waals surface area contributed by atoms with Crippen molar-refractivity contribution in [3.8, 4) is 11.5 Å². The smallest absolute Gasteiger partial charge is 0.339 e. The monoisotopic (exact) mass is 638 g/mol. The summed E-state index contributed by atoms with van der Waals surface area (Å²) in [5, 5.41) is 2.55. The van der Waals surface area contributed by atoms with Crippen molar-refractivity contribution in [2.75, 3.05) is 12.0 Å². The number of methoxy groups -OCH3 is 1. The summed E-state index contributed by atoms with van der Waals surface area (Å²) in [4.78, 5) is 38.7. The van der Waals surface area contributed by atoms with E-state index in [4.69, 9.17) is 20.5 Å². The molecule has 1 aliphatic rings. The molecule has 36 heavy (non-hydrogen) atoms. The lowest BCUT2D eigenvalue weighted by atomic mass is 10.1. The van der Waals surface area contributed by atoms with Gasteiger partial charge in [-0.25, -0.2) is 9.69 Å². The molecule has 1 fully saturated rings. The number of ether oxygens (including phenoxy) is 1. The molecule has 0 bridgehead atoms. The van der Waals surface area contributed by atoms with Crippen LogP contribution in [0.15, 0.2) is 77.2 Å². The molecule has 9 nitrogen and oxygen atoms in total. The molecule has 3 aromatic rings. The van der Waals surface area contributed by atoms with Gasteiger partial charge in [0.05, 0.1) is 16.4 Å². The first-order valence-electron chi connectivity index (χ1n) is 10.1. The third kappa shape index (κ3) is 5.22. The van der Waals surface area contributed by atoms with E-state index in [2.05, 4.69) is 5.32 Å². The predicted octanol–water partition coefficient (Wildman–Crippen LogP) is 4.39. The van der Waals surface area contributed by atoms with Gasteiger partial charge in [-0.2, -0.15) is 8.42 Å². The molecule has 1 heterocycles. The lowest BCUT2D eigenvalue weighted by Gasteiger charge is -2.26. The van der Waals surface area contributed by atoms with Gasteiger partial charge in [0.15, 0.2) is 11.5 Å². The highest BCUT2D eigenvalue weighted by molar-refractivity contribution is 14.1. The van der Waals surface area contributed by atoms with E-state index in [0.717, 1.165) is 4.90 Å². The van der Waals surface area contributed by atoms with Crippen LogP contribution in [0.2, 0.25) is 5.02 Å². The number of carbonyl (C=O) groups is 3. The third-order valence-electron chi connectivity index (χ3n) is 4.97. The Morgan fingerprint density at radius 1 is 1.00 bits per heavy atom. The van der Waals surface area contributed by atoms with Crippen LogP contribution in [0, 0.1) is 3.57 Å². The molecule has 1 aliphatic heterocycles. The number of nitrogens with one attached hydrogen (secondary N) is 1. The first-order valence-corrected chi connectivity index (χ1v) is 13.0. The van der Waals surface area contributed by atoms with Crippen molar-refractivity contribution in [2.45, 2.75) is 4.90 Å². The van der Waals surface area contributed by atoms with E-state index in [9.17, 15) is 22.8 Å². The van der Waals surface area contributed by atoms with Gasteiger partial charge >= 0.3 is 16.1 Å². The SMILES string of the molecule is COc1cc(/C=C2\C(=O)NC(=O)N(c3ccc(Cl)cc3)C2=O)cc(I)c1OS(=O)(=O)c1ccccc1. The zero-order valence-corrected chi connectivity index (χ0v) is 22.1. The molecule has 0 radical (unpaired) electrons. The number of urea groups is 1. The van der Waals surface area contributed by atoms with Crippen LogP contribution in [0.4, 0.5) is 10.5 Å². The quantitative estimate of drug-likeness (QED) is 0.184. The zero-order chi connectivity index (χ0) is 26.0. The van der Waals surface area contributed by atoms with Gasteiger partial charge in [0, 0.05) is 5.02 Å². The summed E-state index contributed by atoms with van der Waals surface area (Å²) in [6.07, 6.45) is 1.27. The zero-order valence-electron chi connectivity index (χ0n) is 18.4. The molecule has 0 atom stereocenters. The molecule has 1 N–H and O–H groups in total. The molecule has 1 saturated heterocycles. The maximum absolute atomic E-state index is 13.1. The second-order valence-corrected chi connectivity index (χ2v) is 10.5. The summed E-state index contributed by atoms with van der Waals surface area (Å²) in [5.41, 5.74) is 0.250. The van der Waals surface area contributed by atoms with Crippen LogP contribution in [0.25, 0.3) is 6.08 Å². The number of halogens is 2. The molecule has 0 spiro atoms. The number of barbiturate groups is 1. The average Bonchev–Trinajstić information content (AvgIpc) is 2.84. The molecule has 12 heteroatoms. The molecular formula is C24H16ClIN2O7S. The van der Waals surface area contributed by atoms with Crippen molar-refractivity contribution < 1.29 is 31.7 Å². The molecule has 0 aromatic heterocycles. The lowest BCUT2D eigenvalue weighted by molar-refractivity contribution is -0.122. The Kier molecular flexibility index (Phi) is 7.33. The average molecular weight is 639 g/mol. The van der Waals surface area contributed by atoms with Crippen LogP contribution < -0.4 is 19.1 Å². The topological polar surface area (TPSA) is 119 Å². The fourth-order valence-corrected chi connectivity index (χ4v) is 5.29. The Bertz CT molecular complexity index is 1510. The largest absolute Gasteiger partial charge is 0.493 e. The number of hydrogen-bond donors (Lipinski definition) is 1. The number of amides is 4. The van der Waals surface area contributed by atoms with Crippen molar-refractivity contribution in [3.05, 3.63) is 86.5 Å². The normalized spacial score (nSPS) is 15.1. The van der Waals surface area contributed by atoms with Gasteiger partial charge < -0.3 is 8.92 Å². The summed E-state index contributed by atoms with van der Waals surface area (Å²) >= 11 is 7.74. The van der Waals surface area contributed by atoms with Gasteiger partial charge in [-0.3, -0.25) is 14.9 Å². The standard InChI is InChI=1S/C24H16ClIN2O7S/c1-34-20-13-14(12-19(26)21(20)35-36(32,33)17-5-3-2-4-6-17)11-18-22(29)27-24(31)28(23(18)30)16-9-7-15(25)8-10-16/h2-13H,1H3,(H,27,29,31)/b18-11+. The summed E-state index contributed by atoms with van der Waals surface area (Å²) < 4.78 is 36.4. The van der Waals surface area contributed by atoms with Gasteiger partial charge in [-0.05, 0) is 82.8 Å². The second kappa shape index (κ2) is 10.3. The fraction of sp³-hybridized carbons (Fsp3) is 0.0417. The van der Waals surface area contributed by atoms with Gasteiger partial charge in [0.2, 0.25) is 0 Å². The summed E-state index contributed by atoms with van der Waals surface area (Å²) in [6, 6.07) is 15.6. The van der Waals surface area contributed by atoms with E-state index in [0.29, 0.717) is 14.2 Å². The summed E-state index contributed by atoms with van der Waals surface area (Å²) in [5.74, 6) is -1.72. The first-order chi connectivity index (χ1) is 17.1. The predicted molar refractivity (Wildman–Crippen MR) is 140 cm³/mol. The Balaban J connectivity index is 1.70. The number of anilines is 1. The Hall–Kier alpha value is -3.42.